The van der Waals surface area contributed by atoms with Crippen molar-refractivity contribution in [2.45, 2.75) is 32.1 Å². The van der Waals surface area contributed by atoms with Gasteiger partial charge in [-0.25, -0.2) is 8.42 Å². The minimum atomic E-state index is -3.86. The third kappa shape index (κ3) is 5.48. The molecule has 0 aromatic heterocycles. The second-order valence-electron chi connectivity index (χ2n) is 8.89. The first-order valence-electron chi connectivity index (χ1n) is 10.1. The Morgan fingerprint density at radius 2 is 1.65 bits per heavy atom. The molecule has 0 atom stereocenters. The van der Waals surface area contributed by atoms with Gasteiger partial charge in [-0.05, 0) is 35.6 Å². The van der Waals surface area contributed by atoms with E-state index in [-0.39, 0.29) is 48.1 Å². The minimum absolute atomic E-state index is 0.115. The highest BCUT2D eigenvalue weighted by molar-refractivity contribution is 7.89. The van der Waals surface area contributed by atoms with E-state index >= 15 is 0 Å². The van der Waals surface area contributed by atoms with E-state index in [2.05, 4.69) is 20.8 Å². The van der Waals surface area contributed by atoms with Gasteiger partial charge >= 0.3 is 0 Å². The van der Waals surface area contributed by atoms with Gasteiger partial charge in [-0.15, -0.1) is 0 Å². The summed E-state index contributed by atoms with van der Waals surface area (Å²) >= 11 is 0. The van der Waals surface area contributed by atoms with Crippen LogP contribution < -0.4 is 0 Å². The molecule has 1 aliphatic heterocycles. The Kier molecular flexibility index (Phi) is 6.47. The number of piperazine rings is 1. The van der Waals surface area contributed by atoms with Crippen LogP contribution in [0.15, 0.2) is 53.4 Å². The number of sulfonamides is 1. The van der Waals surface area contributed by atoms with Crippen LogP contribution in [0.4, 0.5) is 5.69 Å². The fourth-order valence-electron chi connectivity index (χ4n) is 3.60. The zero-order valence-corrected chi connectivity index (χ0v) is 18.8. The summed E-state index contributed by atoms with van der Waals surface area (Å²) in [4.78, 5) is 24.7. The number of hydrogen-bond acceptors (Lipinski definition) is 5. The second kappa shape index (κ2) is 8.76. The molecule has 0 N–H and O–H groups in total. The monoisotopic (exact) mass is 445 g/mol. The molecule has 2 aromatic rings. The number of rotatable bonds is 5. The third-order valence-electron chi connectivity index (χ3n) is 5.13. The van der Waals surface area contributed by atoms with Crippen LogP contribution in [-0.4, -0.2) is 54.6 Å². The molecule has 3 rings (SSSR count). The zero-order valence-electron chi connectivity index (χ0n) is 17.9. The minimum Gasteiger partial charge on any atom is -0.336 e. The highest BCUT2D eigenvalue weighted by Gasteiger charge is 2.31. The lowest BCUT2D eigenvalue weighted by molar-refractivity contribution is -0.385. The lowest BCUT2D eigenvalue weighted by Gasteiger charge is -2.34. The van der Waals surface area contributed by atoms with E-state index in [0.717, 1.165) is 18.1 Å². The van der Waals surface area contributed by atoms with Crippen molar-refractivity contribution >= 4 is 21.6 Å². The van der Waals surface area contributed by atoms with E-state index < -0.39 is 14.9 Å². The average Bonchev–Trinajstić information content (AvgIpc) is 2.73. The molecule has 8 nitrogen and oxygen atoms in total. The molecule has 0 unspecified atom stereocenters. The van der Waals surface area contributed by atoms with Crippen LogP contribution in [0.25, 0.3) is 0 Å². The van der Waals surface area contributed by atoms with Gasteiger partial charge in [-0.2, -0.15) is 4.31 Å². The topological polar surface area (TPSA) is 101 Å². The van der Waals surface area contributed by atoms with Crippen LogP contribution >= 0.6 is 0 Å². The van der Waals surface area contributed by atoms with E-state index in [9.17, 15) is 23.3 Å². The number of non-ortho nitro benzene ring substituents is 1. The van der Waals surface area contributed by atoms with Crippen molar-refractivity contribution in [1.29, 1.82) is 0 Å². The van der Waals surface area contributed by atoms with Crippen LogP contribution in [0.5, 0.6) is 0 Å². The normalized spacial score (nSPS) is 15.6. The Morgan fingerprint density at radius 1 is 1.03 bits per heavy atom. The Hall–Kier alpha value is -2.78. The Balaban J connectivity index is 1.65. The summed E-state index contributed by atoms with van der Waals surface area (Å²) in [6.07, 6.45) is 0.912. The first-order valence-corrected chi connectivity index (χ1v) is 11.5. The van der Waals surface area contributed by atoms with Gasteiger partial charge < -0.3 is 4.90 Å². The molecule has 1 fully saturated rings. The summed E-state index contributed by atoms with van der Waals surface area (Å²) in [7, 11) is -3.86. The van der Waals surface area contributed by atoms with E-state index in [1.807, 2.05) is 24.3 Å². The Labute approximate surface area is 182 Å². The summed E-state index contributed by atoms with van der Waals surface area (Å²) in [5.41, 5.74) is 1.63. The number of benzene rings is 2. The summed E-state index contributed by atoms with van der Waals surface area (Å²) < 4.78 is 27.0. The lowest BCUT2D eigenvalue weighted by atomic mass is 9.88. The molecular weight excluding hydrogens is 418 g/mol. The van der Waals surface area contributed by atoms with Crippen LogP contribution in [-0.2, 0) is 16.4 Å². The van der Waals surface area contributed by atoms with E-state index in [1.165, 1.54) is 22.5 Å². The molecule has 1 saturated heterocycles. The van der Waals surface area contributed by atoms with E-state index in [1.54, 1.807) is 4.90 Å². The molecule has 9 heteroatoms. The molecule has 166 valence electrons. The average molecular weight is 446 g/mol. The molecule has 0 aliphatic carbocycles. The fourth-order valence-corrected chi connectivity index (χ4v) is 5.06. The van der Waals surface area contributed by atoms with Crippen molar-refractivity contribution in [3.8, 4) is 0 Å². The van der Waals surface area contributed by atoms with Crippen LogP contribution in [0.1, 0.15) is 36.7 Å². The van der Waals surface area contributed by atoms with Crippen molar-refractivity contribution in [3.05, 3.63) is 69.8 Å². The summed E-state index contributed by atoms with van der Waals surface area (Å²) in [6, 6.07) is 12.6. The van der Waals surface area contributed by atoms with Crippen LogP contribution in [0, 0.1) is 15.5 Å². The van der Waals surface area contributed by atoms with Crippen molar-refractivity contribution in [3.63, 3.8) is 0 Å². The van der Waals surface area contributed by atoms with E-state index in [0.29, 0.717) is 5.56 Å². The largest absolute Gasteiger partial charge is 0.336 e. The van der Waals surface area contributed by atoms with Gasteiger partial charge in [0.25, 0.3) is 11.6 Å². The quantitative estimate of drug-likeness (QED) is 0.519. The summed E-state index contributed by atoms with van der Waals surface area (Å²) in [5.74, 6) is -0.130. The number of nitro groups is 1. The summed E-state index contributed by atoms with van der Waals surface area (Å²) in [5, 5.41) is 11.0. The molecule has 0 bridgehead atoms. The number of nitrogens with zero attached hydrogens (tertiary/aromatic N) is 3. The predicted molar refractivity (Wildman–Crippen MR) is 117 cm³/mol. The lowest BCUT2D eigenvalue weighted by Crippen LogP contribution is -2.50. The molecule has 1 aliphatic rings. The SMILES string of the molecule is CC(C)(C)Cc1ccc(C(=O)N2CCN(S(=O)(=O)c3cccc([N+](=O)[O-])c3)CC2)cc1. The number of hydrogen-bond donors (Lipinski definition) is 0. The first kappa shape index (κ1) is 22.9. The van der Waals surface area contributed by atoms with Crippen molar-refractivity contribution < 1.29 is 18.1 Å². The van der Waals surface area contributed by atoms with Crippen LogP contribution in [0.3, 0.4) is 0 Å². The maximum atomic E-state index is 12.9. The molecule has 1 heterocycles. The first-order chi connectivity index (χ1) is 14.5. The summed E-state index contributed by atoms with van der Waals surface area (Å²) in [6.45, 7) is 7.28. The molecule has 0 saturated carbocycles. The van der Waals surface area contributed by atoms with Gasteiger partial charge in [0, 0.05) is 43.9 Å². The fraction of sp³-hybridized carbons (Fsp3) is 0.409. The third-order valence-corrected chi connectivity index (χ3v) is 7.02. The molecule has 1 amide bonds. The Morgan fingerprint density at radius 3 is 2.19 bits per heavy atom. The number of nitro benzene ring substituents is 1. The zero-order chi connectivity index (χ0) is 22.8. The van der Waals surface area contributed by atoms with Crippen molar-refractivity contribution in [1.82, 2.24) is 9.21 Å². The van der Waals surface area contributed by atoms with Gasteiger partial charge in [-0.1, -0.05) is 39.0 Å². The number of carbonyl (C=O) groups excluding carboxylic acids is 1. The van der Waals surface area contributed by atoms with Gasteiger partial charge in [0.05, 0.1) is 9.82 Å². The highest BCUT2D eigenvalue weighted by Crippen LogP contribution is 2.23. The number of amides is 1. The highest BCUT2D eigenvalue weighted by atomic mass is 32.2. The smallest absolute Gasteiger partial charge is 0.270 e. The molecular formula is C22H27N3O5S. The van der Waals surface area contributed by atoms with Crippen LogP contribution in [0.2, 0.25) is 0 Å². The van der Waals surface area contributed by atoms with Gasteiger partial charge in [0.2, 0.25) is 10.0 Å². The molecule has 2 aromatic carbocycles. The number of carbonyl (C=O) groups is 1. The Bertz CT molecular complexity index is 1070. The standard InChI is InChI=1S/C22H27N3O5S/c1-22(2,3)16-17-7-9-18(10-8-17)21(26)23-11-13-24(14-12-23)31(29,30)20-6-4-5-19(15-20)25(27)28/h4-10,15H,11-14,16H2,1-3H3. The second-order valence-corrected chi connectivity index (χ2v) is 10.8. The van der Waals surface area contributed by atoms with Gasteiger partial charge in [0.1, 0.15) is 0 Å². The van der Waals surface area contributed by atoms with Crippen molar-refractivity contribution in [2.75, 3.05) is 26.2 Å². The molecule has 0 radical (unpaired) electrons. The predicted octanol–water partition coefficient (Wildman–Crippen LogP) is 3.33. The maximum Gasteiger partial charge on any atom is 0.270 e. The van der Waals surface area contributed by atoms with Crippen molar-refractivity contribution in [2.24, 2.45) is 5.41 Å². The maximum absolute atomic E-state index is 12.9. The molecule has 0 spiro atoms. The molecule has 31 heavy (non-hydrogen) atoms. The van der Waals surface area contributed by atoms with Gasteiger partial charge in [-0.3, -0.25) is 14.9 Å². The van der Waals surface area contributed by atoms with E-state index in [4.69, 9.17) is 0 Å². The van der Waals surface area contributed by atoms with Gasteiger partial charge in [0.15, 0.2) is 0 Å².